The molecule has 0 bridgehead atoms. The fourth-order valence-corrected chi connectivity index (χ4v) is 4.52. The molecule has 1 amide bonds. The highest BCUT2D eigenvalue weighted by molar-refractivity contribution is 7.99. The number of carbonyl (C=O) groups is 1. The number of thioether (sulfide) groups is 1. The summed E-state index contributed by atoms with van der Waals surface area (Å²) in [5.41, 5.74) is 5.45. The van der Waals surface area contributed by atoms with Crippen molar-refractivity contribution in [3.05, 3.63) is 0 Å². The van der Waals surface area contributed by atoms with Gasteiger partial charge in [-0.05, 0) is 12.2 Å². The highest BCUT2D eigenvalue weighted by atomic mass is 32.2. The van der Waals surface area contributed by atoms with E-state index in [1.165, 1.54) is 11.8 Å². The van der Waals surface area contributed by atoms with Crippen LogP contribution >= 0.6 is 11.8 Å². The lowest BCUT2D eigenvalue weighted by molar-refractivity contribution is -0.347. The van der Waals surface area contributed by atoms with Gasteiger partial charge in [-0.25, -0.2) is 0 Å². The van der Waals surface area contributed by atoms with Crippen LogP contribution in [0.25, 0.3) is 0 Å². The Bertz CT molecular complexity index is 602. The summed E-state index contributed by atoms with van der Waals surface area (Å²) in [6, 6.07) is 0. The molecule has 2 aliphatic rings. The second-order valence-corrected chi connectivity index (χ2v) is 9.22. The van der Waals surface area contributed by atoms with E-state index in [0.29, 0.717) is 13.0 Å². The number of hydrogen-bond acceptors (Lipinski definition) is 13. The zero-order valence-corrected chi connectivity index (χ0v) is 19.2. The minimum atomic E-state index is -1.75. The number of ether oxygens (including phenoxy) is 3. The Kier molecular flexibility index (Phi) is 11.7. The molecule has 2 aliphatic heterocycles. The van der Waals surface area contributed by atoms with Gasteiger partial charge in [0.05, 0.1) is 13.2 Å². The van der Waals surface area contributed by atoms with Crippen molar-refractivity contribution < 1.29 is 54.8 Å². The Balaban J connectivity index is 2.10. The maximum absolute atomic E-state index is 12.2. The van der Waals surface area contributed by atoms with E-state index in [9.17, 15) is 40.5 Å². The van der Waals surface area contributed by atoms with Gasteiger partial charge < -0.3 is 60.6 Å². The molecule has 0 spiro atoms. The summed E-state index contributed by atoms with van der Waals surface area (Å²) in [7, 11) is 0. The van der Waals surface area contributed by atoms with Gasteiger partial charge in [0, 0.05) is 25.8 Å². The molecule has 10 atom stereocenters. The first-order chi connectivity index (χ1) is 15.7. The van der Waals surface area contributed by atoms with Crippen molar-refractivity contribution in [2.24, 2.45) is 5.73 Å². The van der Waals surface area contributed by atoms with Crippen molar-refractivity contribution >= 4 is 17.7 Å². The van der Waals surface area contributed by atoms with Crippen LogP contribution in [0.5, 0.6) is 0 Å². The first-order valence-electron chi connectivity index (χ1n) is 10.8. The fraction of sp³-hybridized carbons (Fsp3) is 0.947. The monoisotopic (exact) mass is 500 g/mol. The number of hydrogen-bond donors (Lipinski definition) is 8. The van der Waals surface area contributed by atoms with Crippen LogP contribution in [0.1, 0.15) is 13.3 Å². The second-order valence-electron chi connectivity index (χ2n) is 7.99. The summed E-state index contributed by atoms with van der Waals surface area (Å²) in [5, 5.41) is 70.5. The van der Waals surface area contributed by atoms with E-state index in [0.717, 1.165) is 11.5 Å². The molecule has 2 rings (SSSR count). The average Bonchev–Trinajstić information content (AvgIpc) is 2.79. The van der Waals surface area contributed by atoms with Crippen molar-refractivity contribution in [1.82, 2.24) is 4.90 Å². The summed E-state index contributed by atoms with van der Waals surface area (Å²) in [4.78, 5) is 13.4. The van der Waals surface area contributed by atoms with E-state index < -0.39 is 80.5 Å². The predicted octanol–water partition coefficient (Wildman–Crippen LogP) is -4.46. The molecule has 9 N–H and O–H groups in total. The van der Waals surface area contributed by atoms with Crippen LogP contribution in [0.15, 0.2) is 0 Å². The number of carbonyl (C=O) groups excluding carboxylic acids is 1. The van der Waals surface area contributed by atoms with Crippen LogP contribution in [-0.4, -0.2) is 146 Å². The Morgan fingerprint density at radius 3 is 2.18 bits per heavy atom. The first-order valence-corrected chi connectivity index (χ1v) is 12.0. The minimum absolute atomic E-state index is 0.234. The van der Waals surface area contributed by atoms with Gasteiger partial charge in [0.2, 0.25) is 5.91 Å². The summed E-state index contributed by atoms with van der Waals surface area (Å²) < 4.78 is 16.5. The zero-order valence-electron chi connectivity index (χ0n) is 18.4. The van der Waals surface area contributed by atoms with E-state index in [1.54, 1.807) is 11.8 Å². The SMILES string of the molecule is CC(=O)N(CCCSCCN)[C@H]1O[C@H](CO)[C@@H](O[C@@H]2OC(CO)[C@H](O)[C@H](O)C2O)C(O)C1O. The lowest BCUT2D eigenvalue weighted by atomic mass is 9.96. The Morgan fingerprint density at radius 1 is 0.939 bits per heavy atom. The molecule has 194 valence electrons. The quantitative estimate of drug-likeness (QED) is 0.126. The molecular weight excluding hydrogens is 464 g/mol. The molecular formula is C19H36N2O11S. The highest BCUT2D eigenvalue weighted by Gasteiger charge is 2.51. The minimum Gasteiger partial charge on any atom is -0.394 e. The van der Waals surface area contributed by atoms with Crippen molar-refractivity contribution in [3.63, 3.8) is 0 Å². The van der Waals surface area contributed by atoms with Crippen LogP contribution in [0.4, 0.5) is 0 Å². The van der Waals surface area contributed by atoms with E-state index in [2.05, 4.69) is 0 Å². The lowest BCUT2D eigenvalue weighted by Gasteiger charge is -2.48. The van der Waals surface area contributed by atoms with Gasteiger partial charge in [-0.3, -0.25) is 4.79 Å². The van der Waals surface area contributed by atoms with Gasteiger partial charge in [0.15, 0.2) is 12.5 Å². The van der Waals surface area contributed by atoms with Crippen molar-refractivity contribution in [1.29, 1.82) is 0 Å². The zero-order chi connectivity index (χ0) is 24.7. The van der Waals surface area contributed by atoms with Crippen molar-refractivity contribution in [3.8, 4) is 0 Å². The number of aliphatic hydroxyl groups excluding tert-OH is 7. The molecule has 0 radical (unpaired) electrons. The Morgan fingerprint density at radius 2 is 1.61 bits per heavy atom. The maximum Gasteiger partial charge on any atom is 0.221 e. The molecule has 2 heterocycles. The van der Waals surface area contributed by atoms with Gasteiger partial charge in [-0.2, -0.15) is 11.8 Å². The van der Waals surface area contributed by atoms with Gasteiger partial charge in [0.25, 0.3) is 0 Å². The van der Waals surface area contributed by atoms with Gasteiger partial charge in [-0.15, -0.1) is 0 Å². The maximum atomic E-state index is 12.2. The van der Waals surface area contributed by atoms with E-state index >= 15 is 0 Å². The van der Waals surface area contributed by atoms with Gasteiger partial charge >= 0.3 is 0 Å². The lowest BCUT2D eigenvalue weighted by Crippen LogP contribution is -2.67. The van der Waals surface area contributed by atoms with Crippen molar-refractivity contribution in [2.45, 2.75) is 74.7 Å². The third-order valence-corrected chi connectivity index (χ3v) is 6.74. The molecule has 14 heteroatoms. The first kappa shape index (κ1) is 28.6. The van der Waals surface area contributed by atoms with E-state index in [1.807, 2.05) is 0 Å². The third kappa shape index (κ3) is 6.96. The molecule has 2 fully saturated rings. The average molecular weight is 501 g/mol. The molecule has 4 unspecified atom stereocenters. The van der Waals surface area contributed by atoms with Crippen LogP contribution in [-0.2, 0) is 19.0 Å². The largest absolute Gasteiger partial charge is 0.394 e. The summed E-state index contributed by atoms with van der Waals surface area (Å²) in [6.07, 6.45) is -14.5. The highest BCUT2D eigenvalue weighted by Crippen LogP contribution is 2.30. The van der Waals surface area contributed by atoms with Crippen LogP contribution in [0.2, 0.25) is 0 Å². The fourth-order valence-electron chi connectivity index (χ4n) is 3.81. The molecule has 13 nitrogen and oxygen atoms in total. The van der Waals surface area contributed by atoms with Gasteiger partial charge in [0.1, 0.15) is 48.8 Å². The number of rotatable bonds is 11. The number of nitrogens with two attached hydrogens (primary N) is 1. The molecule has 0 saturated carbocycles. The standard InChI is InChI=1S/C19H36N2O11S/c1-9(24)21(4-2-5-33-6-3-20)18-15(28)14(27)17(11(8-23)30-18)32-19-16(29)13(26)12(25)10(7-22)31-19/h10-19,22-23,25-29H,2-8,20H2,1H3/t10?,11-,12+,13+,14?,15?,16?,17-,18+,19+/m1/s1. The van der Waals surface area contributed by atoms with E-state index in [-0.39, 0.29) is 6.54 Å². The van der Waals surface area contributed by atoms with E-state index in [4.69, 9.17) is 19.9 Å². The normalized spacial score (nSPS) is 39.4. The van der Waals surface area contributed by atoms with Crippen LogP contribution < -0.4 is 5.73 Å². The number of nitrogens with zero attached hydrogens (tertiary/aromatic N) is 1. The Hall–Kier alpha value is -0.620. The molecule has 33 heavy (non-hydrogen) atoms. The molecule has 0 aromatic heterocycles. The summed E-state index contributed by atoms with van der Waals surface area (Å²) in [6.45, 7) is 0.712. The predicted molar refractivity (Wildman–Crippen MR) is 115 cm³/mol. The molecule has 2 saturated heterocycles. The van der Waals surface area contributed by atoms with Crippen LogP contribution in [0, 0.1) is 0 Å². The second kappa shape index (κ2) is 13.5. The Labute approximate surface area is 196 Å². The van der Waals surface area contributed by atoms with Crippen LogP contribution in [0.3, 0.4) is 0 Å². The topological polar surface area (TPSA) is 216 Å². The third-order valence-electron chi connectivity index (χ3n) is 5.64. The summed E-state index contributed by atoms with van der Waals surface area (Å²) >= 11 is 1.61. The molecule has 0 aliphatic carbocycles. The summed E-state index contributed by atoms with van der Waals surface area (Å²) in [5.74, 6) is 1.09. The van der Waals surface area contributed by atoms with Crippen molar-refractivity contribution in [2.75, 3.05) is 37.8 Å². The number of amides is 1. The molecule has 0 aromatic carbocycles. The smallest absolute Gasteiger partial charge is 0.221 e. The molecule has 0 aromatic rings. The van der Waals surface area contributed by atoms with Gasteiger partial charge in [-0.1, -0.05) is 0 Å². The number of aliphatic hydroxyl groups is 7.